The molecule has 0 spiro atoms. The molecule has 0 aliphatic carbocycles. The molecular weight excluding hydrogens is 265 g/mol. The number of ether oxygens (including phenoxy) is 2. The van der Waals surface area contributed by atoms with Crippen LogP contribution in [-0.2, 0) is 15.7 Å². The third-order valence-electron chi connectivity index (χ3n) is 2.09. The third kappa shape index (κ3) is 5.75. The van der Waals surface area contributed by atoms with Gasteiger partial charge in [0, 0.05) is 17.8 Å². The zero-order valence-corrected chi connectivity index (χ0v) is 10.8. The molecule has 0 bridgehead atoms. The molecule has 18 heavy (non-hydrogen) atoms. The highest BCUT2D eigenvalue weighted by molar-refractivity contribution is 7.99. The lowest BCUT2D eigenvalue weighted by atomic mass is 10.2. The van der Waals surface area contributed by atoms with Gasteiger partial charge in [-0.05, 0) is 18.2 Å². The van der Waals surface area contributed by atoms with E-state index in [1.165, 1.54) is 17.8 Å². The van der Waals surface area contributed by atoms with Crippen LogP contribution >= 0.6 is 11.8 Å². The Morgan fingerprint density at radius 3 is 2.61 bits per heavy atom. The maximum absolute atomic E-state index is 12.4. The Hall–Kier alpha value is -0.720. The molecule has 1 aromatic rings. The number of hydrogen-bond acceptors (Lipinski definition) is 3. The first-order valence-corrected chi connectivity index (χ1v) is 6.39. The predicted octanol–water partition coefficient (Wildman–Crippen LogP) is 3.46. The Bertz CT molecular complexity index is 355. The Kier molecular flexibility index (Phi) is 6.52. The lowest BCUT2D eigenvalue weighted by Gasteiger charge is -2.08. The predicted molar refractivity (Wildman–Crippen MR) is 64.9 cm³/mol. The Balaban J connectivity index is 2.34. The first-order valence-electron chi connectivity index (χ1n) is 5.41. The van der Waals surface area contributed by atoms with Crippen LogP contribution in [0, 0.1) is 0 Å². The molecular formula is C12H15F3O2S. The molecule has 1 rings (SSSR count). The van der Waals surface area contributed by atoms with Crippen LogP contribution in [0.3, 0.4) is 0 Å². The van der Waals surface area contributed by atoms with E-state index in [0.717, 1.165) is 12.1 Å². The Labute approximate surface area is 108 Å². The summed E-state index contributed by atoms with van der Waals surface area (Å²) in [7, 11) is 1.58. The number of rotatable bonds is 7. The van der Waals surface area contributed by atoms with Gasteiger partial charge in [0.2, 0.25) is 0 Å². The van der Waals surface area contributed by atoms with E-state index < -0.39 is 11.7 Å². The zero-order valence-electron chi connectivity index (χ0n) is 10.00. The van der Waals surface area contributed by atoms with E-state index in [4.69, 9.17) is 9.47 Å². The van der Waals surface area contributed by atoms with E-state index in [2.05, 4.69) is 0 Å². The van der Waals surface area contributed by atoms with Gasteiger partial charge in [0.1, 0.15) is 0 Å². The van der Waals surface area contributed by atoms with Crippen molar-refractivity contribution >= 4 is 11.8 Å². The lowest BCUT2D eigenvalue weighted by molar-refractivity contribution is -0.137. The summed E-state index contributed by atoms with van der Waals surface area (Å²) in [4.78, 5) is 0.597. The maximum atomic E-state index is 12.4. The van der Waals surface area contributed by atoms with Crippen LogP contribution in [0.15, 0.2) is 29.2 Å². The summed E-state index contributed by atoms with van der Waals surface area (Å²) in [6.45, 7) is 1.51. The lowest BCUT2D eigenvalue weighted by Crippen LogP contribution is -2.05. The number of methoxy groups -OCH3 is 1. The fraction of sp³-hybridized carbons (Fsp3) is 0.500. The molecule has 6 heteroatoms. The topological polar surface area (TPSA) is 18.5 Å². The van der Waals surface area contributed by atoms with E-state index in [9.17, 15) is 13.2 Å². The minimum absolute atomic E-state index is 0.490. The van der Waals surface area contributed by atoms with E-state index in [0.29, 0.717) is 30.5 Å². The second-order valence-electron chi connectivity index (χ2n) is 3.48. The van der Waals surface area contributed by atoms with Crippen molar-refractivity contribution in [3.63, 3.8) is 0 Å². The summed E-state index contributed by atoms with van der Waals surface area (Å²) in [5, 5.41) is 0. The maximum Gasteiger partial charge on any atom is 0.416 e. The molecule has 1 aromatic carbocycles. The molecule has 0 amide bonds. The molecule has 0 fully saturated rings. The minimum atomic E-state index is -4.29. The van der Waals surface area contributed by atoms with Crippen molar-refractivity contribution in [2.75, 3.05) is 32.7 Å². The third-order valence-corrected chi connectivity index (χ3v) is 3.05. The van der Waals surface area contributed by atoms with E-state index in [-0.39, 0.29) is 0 Å². The monoisotopic (exact) mass is 280 g/mol. The number of alkyl halides is 3. The molecule has 0 aliphatic heterocycles. The first kappa shape index (κ1) is 15.3. The molecule has 0 aliphatic rings. The minimum Gasteiger partial charge on any atom is -0.382 e. The summed E-state index contributed by atoms with van der Waals surface area (Å²) in [6.07, 6.45) is -4.29. The van der Waals surface area contributed by atoms with Gasteiger partial charge in [-0.25, -0.2) is 0 Å². The van der Waals surface area contributed by atoms with Crippen molar-refractivity contribution in [3.05, 3.63) is 29.8 Å². The number of benzene rings is 1. The molecule has 0 saturated carbocycles. The van der Waals surface area contributed by atoms with Gasteiger partial charge < -0.3 is 9.47 Å². The van der Waals surface area contributed by atoms with Gasteiger partial charge in [0.15, 0.2) is 0 Å². The van der Waals surface area contributed by atoms with Crippen LogP contribution in [0.1, 0.15) is 5.56 Å². The van der Waals surface area contributed by atoms with Gasteiger partial charge in [-0.1, -0.05) is 6.07 Å². The van der Waals surface area contributed by atoms with Crippen molar-refractivity contribution < 1.29 is 22.6 Å². The standard InChI is InChI=1S/C12H15F3O2S/c1-16-5-6-17-7-8-18-11-4-2-3-10(9-11)12(13,14)15/h2-4,9H,5-8H2,1H3. The van der Waals surface area contributed by atoms with Gasteiger partial charge in [0.05, 0.1) is 25.4 Å². The summed E-state index contributed by atoms with van der Waals surface area (Å²) in [5.74, 6) is 0.616. The number of thioether (sulfide) groups is 1. The quantitative estimate of drug-likeness (QED) is 0.563. The van der Waals surface area contributed by atoms with Crippen LogP contribution < -0.4 is 0 Å². The van der Waals surface area contributed by atoms with Crippen LogP contribution in [0.4, 0.5) is 13.2 Å². The van der Waals surface area contributed by atoms with Crippen LogP contribution in [0.5, 0.6) is 0 Å². The average molecular weight is 280 g/mol. The van der Waals surface area contributed by atoms with Crippen molar-refractivity contribution in [2.45, 2.75) is 11.1 Å². The molecule has 0 atom stereocenters. The fourth-order valence-corrected chi connectivity index (χ4v) is 2.05. The van der Waals surface area contributed by atoms with Crippen LogP contribution in [-0.4, -0.2) is 32.7 Å². The van der Waals surface area contributed by atoms with E-state index in [1.807, 2.05) is 0 Å². The van der Waals surface area contributed by atoms with Crippen molar-refractivity contribution in [1.82, 2.24) is 0 Å². The molecule has 0 heterocycles. The van der Waals surface area contributed by atoms with Gasteiger partial charge in [-0.2, -0.15) is 13.2 Å². The average Bonchev–Trinajstić information content (AvgIpc) is 2.33. The summed E-state index contributed by atoms with van der Waals surface area (Å²) in [6, 6.07) is 5.30. The molecule has 102 valence electrons. The highest BCUT2D eigenvalue weighted by Gasteiger charge is 2.30. The molecule has 0 saturated heterocycles. The van der Waals surface area contributed by atoms with Crippen molar-refractivity contribution in [1.29, 1.82) is 0 Å². The zero-order chi connectivity index (χ0) is 13.4. The molecule has 0 aromatic heterocycles. The van der Waals surface area contributed by atoms with Gasteiger partial charge >= 0.3 is 6.18 Å². The SMILES string of the molecule is COCCOCCSc1cccc(C(F)(F)F)c1. The van der Waals surface area contributed by atoms with Gasteiger partial charge in [-0.15, -0.1) is 11.8 Å². The Morgan fingerprint density at radius 2 is 1.94 bits per heavy atom. The molecule has 2 nitrogen and oxygen atoms in total. The summed E-state index contributed by atoms with van der Waals surface area (Å²) >= 11 is 1.34. The second-order valence-corrected chi connectivity index (χ2v) is 4.65. The molecule has 0 unspecified atom stereocenters. The second kappa shape index (κ2) is 7.66. The number of halogens is 3. The smallest absolute Gasteiger partial charge is 0.382 e. The fourth-order valence-electron chi connectivity index (χ4n) is 1.22. The summed E-state index contributed by atoms with van der Waals surface area (Å²) in [5.41, 5.74) is -0.618. The van der Waals surface area contributed by atoms with Crippen molar-refractivity contribution in [3.8, 4) is 0 Å². The summed E-state index contributed by atoms with van der Waals surface area (Å²) < 4.78 is 47.4. The van der Waals surface area contributed by atoms with Crippen molar-refractivity contribution in [2.24, 2.45) is 0 Å². The normalized spacial score (nSPS) is 11.8. The van der Waals surface area contributed by atoms with E-state index in [1.54, 1.807) is 13.2 Å². The first-order chi connectivity index (χ1) is 8.54. The van der Waals surface area contributed by atoms with Gasteiger partial charge in [0.25, 0.3) is 0 Å². The van der Waals surface area contributed by atoms with Gasteiger partial charge in [-0.3, -0.25) is 0 Å². The van der Waals surface area contributed by atoms with E-state index >= 15 is 0 Å². The van der Waals surface area contributed by atoms with Crippen LogP contribution in [0.2, 0.25) is 0 Å². The Morgan fingerprint density at radius 1 is 1.17 bits per heavy atom. The molecule has 0 N–H and O–H groups in total. The highest BCUT2D eigenvalue weighted by Crippen LogP contribution is 2.31. The molecule has 0 radical (unpaired) electrons. The largest absolute Gasteiger partial charge is 0.416 e. The highest BCUT2D eigenvalue weighted by atomic mass is 32.2. The number of hydrogen-bond donors (Lipinski definition) is 0. The van der Waals surface area contributed by atoms with Crippen LogP contribution in [0.25, 0.3) is 0 Å².